The molecule has 96 valence electrons. The summed E-state index contributed by atoms with van der Waals surface area (Å²) in [6.07, 6.45) is 2.22. The van der Waals surface area contributed by atoms with Crippen molar-refractivity contribution in [3.63, 3.8) is 0 Å². The normalized spacial score (nSPS) is 17.3. The summed E-state index contributed by atoms with van der Waals surface area (Å²) in [7, 11) is 0. The molecule has 1 aromatic heterocycles. The maximum Gasteiger partial charge on any atom is 0.344 e. The summed E-state index contributed by atoms with van der Waals surface area (Å²) in [5.74, 6) is 1.57. The van der Waals surface area contributed by atoms with Crippen molar-refractivity contribution in [1.29, 1.82) is 0 Å². The van der Waals surface area contributed by atoms with E-state index in [1.165, 1.54) is 0 Å². The maximum atomic E-state index is 11.6. The molecule has 0 aromatic carbocycles. The fraction of sp³-hybridized carbons (Fsp3) is 0.818. The van der Waals surface area contributed by atoms with Crippen molar-refractivity contribution in [3.8, 4) is 0 Å². The summed E-state index contributed by atoms with van der Waals surface area (Å²) in [6.45, 7) is 6.34. The summed E-state index contributed by atoms with van der Waals surface area (Å²) in [4.78, 5) is 11.6. The van der Waals surface area contributed by atoms with Gasteiger partial charge in [0.25, 0.3) is 0 Å². The van der Waals surface area contributed by atoms with Crippen molar-refractivity contribution in [2.75, 3.05) is 18.8 Å². The Balaban J connectivity index is 1.88. The number of hydrogen-bond donors (Lipinski definition) is 2. The van der Waals surface area contributed by atoms with E-state index in [9.17, 15) is 4.79 Å². The molecule has 1 aromatic rings. The lowest BCUT2D eigenvalue weighted by atomic mass is 10.2. The summed E-state index contributed by atoms with van der Waals surface area (Å²) in [5.41, 5.74) is -0.0608. The molecule has 2 rings (SSSR count). The molecule has 0 spiro atoms. The summed E-state index contributed by atoms with van der Waals surface area (Å²) in [5, 5.41) is 10.8. The van der Waals surface area contributed by atoms with Crippen LogP contribution in [0.5, 0.6) is 0 Å². The lowest BCUT2D eigenvalue weighted by molar-refractivity contribution is 0.571. The molecule has 1 heterocycles. The van der Waals surface area contributed by atoms with Crippen LogP contribution in [0.25, 0.3) is 0 Å². The van der Waals surface area contributed by atoms with Gasteiger partial charge in [-0.05, 0) is 31.8 Å². The quantitative estimate of drug-likeness (QED) is 0.721. The first-order chi connectivity index (χ1) is 8.22. The Morgan fingerprint density at radius 2 is 2.41 bits per heavy atom. The molecule has 0 amide bonds. The predicted molar refractivity (Wildman–Crippen MR) is 69.6 cm³/mol. The fourth-order valence-corrected chi connectivity index (χ4v) is 2.75. The standard InChI is InChI=1S/C11H20N4OS/c1-3-12-6-8(2)7-17-11-14-13-10(16)15(11)9-4-5-9/h8-9,12H,3-7H2,1-2H3,(H,13,16). The molecule has 1 fully saturated rings. The van der Waals surface area contributed by atoms with E-state index in [4.69, 9.17) is 0 Å². The van der Waals surface area contributed by atoms with Crippen molar-refractivity contribution >= 4 is 11.8 Å². The van der Waals surface area contributed by atoms with E-state index in [2.05, 4.69) is 29.4 Å². The number of H-pyrrole nitrogens is 1. The van der Waals surface area contributed by atoms with Gasteiger partial charge in [0.2, 0.25) is 0 Å². The number of nitrogens with zero attached hydrogens (tertiary/aromatic N) is 2. The highest BCUT2D eigenvalue weighted by molar-refractivity contribution is 7.99. The van der Waals surface area contributed by atoms with Crippen molar-refractivity contribution < 1.29 is 0 Å². The molecule has 1 atom stereocenters. The van der Waals surface area contributed by atoms with E-state index in [1.807, 2.05) is 4.57 Å². The number of thioether (sulfide) groups is 1. The average molecular weight is 256 g/mol. The monoisotopic (exact) mass is 256 g/mol. The topological polar surface area (TPSA) is 62.7 Å². The van der Waals surface area contributed by atoms with Gasteiger partial charge < -0.3 is 5.32 Å². The molecule has 17 heavy (non-hydrogen) atoms. The average Bonchev–Trinajstić information content (AvgIpc) is 3.08. The van der Waals surface area contributed by atoms with E-state index in [0.717, 1.165) is 36.8 Å². The first-order valence-electron chi connectivity index (χ1n) is 6.22. The number of nitrogens with one attached hydrogen (secondary N) is 2. The molecule has 1 aliphatic rings. The van der Waals surface area contributed by atoms with Crippen LogP contribution < -0.4 is 11.0 Å². The van der Waals surface area contributed by atoms with Gasteiger partial charge >= 0.3 is 5.69 Å². The predicted octanol–water partition coefficient (Wildman–Crippen LogP) is 1.24. The molecule has 1 saturated carbocycles. The van der Waals surface area contributed by atoms with Crippen LogP contribution in [0.1, 0.15) is 32.7 Å². The summed E-state index contributed by atoms with van der Waals surface area (Å²) in [6, 6.07) is 0.396. The van der Waals surface area contributed by atoms with Crippen molar-refractivity contribution in [2.24, 2.45) is 5.92 Å². The van der Waals surface area contributed by atoms with E-state index in [-0.39, 0.29) is 5.69 Å². The SMILES string of the molecule is CCNCC(C)CSc1n[nH]c(=O)n1C1CC1. The highest BCUT2D eigenvalue weighted by atomic mass is 32.2. The zero-order valence-corrected chi connectivity index (χ0v) is 11.2. The van der Waals surface area contributed by atoms with Crippen LogP contribution in [0, 0.1) is 5.92 Å². The Labute approximate surface area is 105 Å². The van der Waals surface area contributed by atoms with Gasteiger partial charge in [-0.1, -0.05) is 25.6 Å². The van der Waals surface area contributed by atoms with E-state index in [0.29, 0.717) is 12.0 Å². The second kappa shape index (κ2) is 5.73. The van der Waals surface area contributed by atoms with Crippen molar-refractivity contribution in [1.82, 2.24) is 20.1 Å². The van der Waals surface area contributed by atoms with Gasteiger partial charge in [-0.2, -0.15) is 0 Å². The van der Waals surface area contributed by atoms with Crippen LogP contribution in [0.2, 0.25) is 0 Å². The molecule has 5 nitrogen and oxygen atoms in total. The minimum atomic E-state index is -0.0608. The minimum absolute atomic E-state index is 0.0608. The maximum absolute atomic E-state index is 11.6. The summed E-state index contributed by atoms with van der Waals surface area (Å²) >= 11 is 1.68. The largest absolute Gasteiger partial charge is 0.344 e. The first-order valence-corrected chi connectivity index (χ1v) is 7.21. The Morgan fingerprint density at radius 1 is 1.65 bits per heavy atom. The molecule has 6 heteroatoms. The second-order valence-corrected chi connectivity index (χ2v) is 5.62. The van der Waals surface area contributed by atoms with Crippen LogP contribution in [-0.2, 0) is 0 Å². The highest BCUT2D eigenvalue weighted by Crippen LogP contribution is 2.36. The molecule has 2 N–H and O–H groups in total. The van der Waals surface area contributed by atoms with Crippen molar-refractivity contribution in [3.05, 3.63) is 10.5 Å². The van der Waals surface area contributed by atoms with Gasteiger partial charge in [0.05, 0.1) is 0 Å². The Morgan fingerprint density at radius 3 is 3.06 bits per heavy atom. The fourth-order valence-electron chi connectivity index (χ4n) is 1.71. The zero-order valence-electron chi connectivity index (χ0n) is 10.4. The smallest absolute Gasteiger partial charge is 0.317 e. The van der Waals surface area contributed by atoms with Gasteiger partial charge in [0.15, 0.2) is 5.16 Å². The van der Waals surface area contributed by atoms with Gasteiger partial charge in [-0.3, -0.25) is 4.57 Å². The van der Waals surface area contributed by atoms with Crippen LogP contribution >= 0.6 is 11.8 Å². The third kappa shape index (κ3) is 3.35. The van der Waals surface area contributed by atoms with E-state index < -0.39 is 0 Å². The third-order valence-electron chi connectivity index (χ3n) is 2.82. The molecule has 0 saturated heterocycles. The number of rotatable bonds is 7. The molecular formula is C11H20N4OS. The van der Waals surface area contributed by atoms with Crippen LogP contribution in [0.4, 0.5) is 0 Å². The van der Waals surface area contributed by atoms with Crippen LogP contribution in [0.15, 0.2) is 9.95 Å². The van der Waals surface area contributed by atoms with Gasteiger partial charge in [0.1, 0.15) is 0 Å². The lowest BCUT2D eigenvalue weighted by Crippen LogP contribution is -2.22. The van der Waals surface area contributed by atoms with E-state index >= 15 is 0 Å². The molecular weight excluding hydrogens is 236 g/mol. The number of aromatic amines is 1. The van der Waals surface area contributed by atoms with Gasteiger partial charge in [0, 0.05) is 11.8 Å². The molecule has 0 aliphatic heterocycles. The molecule has 0 radical (unpaired) electrons. The van der Waals surface area contributed by atoms with Crippen LogP contribution in [-0.4, -0.2) is 33.6 Å². The summed E-state index contributed by atoms with van der Waals surface area (Å²) < 4.78 is 1.81. The molecule has 1 aliphatic carbocycles. The Bertz CT molecular complexity index is 410. The number of aromatic nitrogens is 3. The second-order valence-electron chi connectivity index (χ2n) is 4.64. The molecule has 0 bridgehead atoms. The van der Waals surface area contributed by atoms with E-state index in [1.54, 1.807) is 11.8 Å². The molecule has 1 unspecified atom stereocenters. The highest BCUT2D eigenvalue weighted by Gasteiger charge is 2.28. The lowest BCUT2D eigenvalue weighted by Gasteiger charge is -2.10. The zero-order chi connectivity index (χ0) is 12.3. The van der Waals surface area contributed by atoms with Crippen molar-refractivity contribution in [2.45, 2.75) is 37.9 Å². The Kier molecular flexibility index (Phi) is 4.28. The Hall–Kier alpha value is -0.750. The minimum Gasteiger partial charge on any atom is -0.317 e. The third-order valence-corrected chi connectivity index (χ3v) is 4.11. The van der Waals surface area contributed by atoms with Gasteiger partial charge in [-0.25, -0.2) is 9.89 Å². The van der Waals surface area contributed by atoms with Gasteiger partial charge in [-0.15, -0.1) is 5.10 Å². The number of hydrogen-bond acceptors (Lipinski definition) is 4. The first kappa shape index (κ1) is 12.7. The van der Waals surface area contributed by atoms with Crippen LogP contribution in [0.3, 0.4) is 0 Å².